The molecule has 1 aliphatic heterocycles. The summed E-state index contributed by atoms with van der Waals surface area (Å²) in [5.74, 6) is 0.654. The largest absolute Gasteiger partial charge is 0.598 e. The molecule has 0 bridgehead atoms. The molecular weight excluding hydrogens is 653 g/mol. The number of rotatable bonds is 9. The van der Waals surface area contributed by atoms with Crippen molar-refractivity contribution in [3.8, 4) is 17.1 Å². The zero-order chi connectivity index (χ0) is 36.4. The molecule has 1 saturated heterocycles. The Morgan fingerprint density at radius 2 is 1.59 bits per heavy atom. The average molecular weight is 706 g/mol. The summed E-state index contributed by atoms with van der Waals surface area (Å²) < 4.78 is 36.6. The molecule has 5 rings (SSSR count). The number of nitrogens with zero attached hydrogens (tertiary/aromatic N) is 4. The highest BCUT2D eigenvalue weighted by Crippen LogP contribution is 2.39. The molecule has 0 radical (unpaired) electrons. The number of benzene rings is 1. The molecule has 1 aromatic carbocycles. The molecule has 0 amide bonds. The predicted octanol–water partition coefficient (Wildman–Crippen LogP) is 6.52. The van der Waals surface area contributed by atoms with E-state index in [1.54, 1.807) is 13.0 Å². The van der Waals surface area contributed by atoms with Gasteiger partial charge in [0.1, 0.15) is 4.75 Å². The first-order valence-corrected chi connectivity index (χ1v) is 20.9. The van der Waals surface area contributed by atoms with Crippen LogP contribution < -0.4 is 10.2 Å². The maximum absolute atomic E-state index is 12.9. The summed E-state index contributed by atoms with van der Waals surface area (Å²) in [6.45, 7) is 26.8. The molecule has 3 aromatic heterocycles. The number of aliphatic hydroxyl groups is 1. The van der Waals surface area contributed by atoms with Gasteiger partial charge in [0.15, 0.2) is 19.9 Å². The SMILES string of the molecule is CC(C)(C)[S+]([O-])N[C@@](C)(O)c1cccc(-c2cc(B3OC(C)(C)C(C)(C)O3)c3cnn(-c4cccc(CO[Si](C)(C)C(C)(C)C)n4)c3c2)n1. The van der Waals surface area contributed by atoms with Crippen molar-refractivity contribution in [2.45, 2.75) is 123 Å². The summed E-state index contributed by atoms with van der Waals surface area (Å²) in [5, 5.41) is 17.1. The van der Waals surface area contributed by atoms with Crippen LogP contribution in [0.25, 0.3) is 28.0 Å². The van der Waals surface area contributed by atoms with Gasteiger partial charge >= 0.3 is 7.12 Å². The molecule has 10 nitrogen and oxygen atoms in total. The van der Waals surface area contributed by atoms with Gasteiger partial charge in [-0.2, -0.15) is 5.10 Å². The fourth-order valence-corrected chi connectivity index (χ4v) is 6.75. The lowest BCUT2D eigenvalue weighted by Crippen LogP contribution is -2.50. The van der Waals surface area contributed by atoms with Crippen LogP contribution in [0, 0.1) is 0 Å². The Morgan fingerprint density at radius 1 is 0.959 bits per heavy atom. The number of pyridine rings is 2. The van der Waals surface area contributed by atoms with Crippen LogP contribution >= 0.6 is 0 Å². The van der Waals surface area contributed by atoms with Gasteiger partial charge in [-0.05, 0) is 109 Å². The quantitative estimate of drug-likeness (QED) is 0.114. The first-order valence-electron chi connectivity index (χ1n) is 16.8. The molecule has 264 valence electrons. The molecule has 1 fully saturated rings. The summed E-state index contributed by atoms with van der Waals surface area (Å²) in [4.78, 5) is 9.83. The highest BCUT2D eigenvalue weighted by Gasteiger charge is 2.52. The minimum atomic E-state index is -1.98. The Balaban J connectivity index is 1.61. The molecule has 4 aromatic rings. The second-order valence-corrected chi connectivity index (χ2v) is 23.4. The lowest BCUT2D eigenvalue weighted by Gasteiger charge is -2.36. The van der Waals surface area contributed by atoms with E-state index in [0.717, 1.165) is 27.6 Å². The number of nitrogens with one attached hydrogen (secondary N) is 1. The Labute approximate surface area is 296 Å². The van der Waals surface area contributed by atoms with E-state index in [9.17, 15) is 9.66 Å². The molecule has 49 heavy (non-hydrogen) atoms. The van der Waals surface area contributed by atoms with Crippen molar-refractivity contribution in [3.05, 3.63) is 66.1 Å². The van der Waals surface area contributed by atoms with Crippen molar-refractivity contribution < 1.29 is 23.4 Å². The third-order valence-corrected chi connectivity index (χ3v) is 16.2. The minimum Gasteiger partial charge on any atom is -0.598 e. The highest BCUT2D eigenvalue weighted by molar-refractivity contribution is 7.90. The van der Waals surface area contributed by atoms with Gasteiger partial charge in [0.2, 0.25) is 0 Å². The van der Waals surface area contributed by atoms with E-state index in [2.05, 4.69) is 38.6 Å². The number of hydrogen-bond donors (Lipinski definition) is 2. The Morgan fingerprint density at radius 3 is 2.20 bits per heavy atom. The molecular formula is C36H52BN5O5SSi. The Bertz CT molecular complexity index is 1820. The van der Waals surface area contributed by atoms with E-state index in [-0.39, 0.29) is 5.04 Å². The van der Waals surface area contributed by atoms with E-state index in [1.807, 2.05) is 102 Å². The smallest absolute Gasteiger partial charge is 0.495 e. The molecule has 4 heterocycles. The topological polar surface area (TPSA) is 127 Å². The van der Waals surface area contributed by atoms with Crippen LogP contribution in [0.3, 0.4) is 0 Å². The fraction of sp³-hybridized carbons (Fsp3) is 0.528. The first-order chi connectivity index (χ1) is 22.4. The van der Waals surface area contributed by atoms with Crippen LogP contribution in [0.1, 0.15) is 87.5 Å². The van der Waals surface area contributed by atoms with Crippen LogP contribution in [0.15, 0.2) is 54.7 Å². The summed E-state index contributed by atoms with van der Waals surface area (Å²) in [6, 6.07) is 15.3. The van der Waals surface area contributed by atoms with Crippen LogP contribution in [-0.2, 0) is 37.4 Å². The lowest BCUT2D eigenvalue weighted by molar-refractivity contribution is 0.00578. The van der Waals surface area contributed by atoms with Crippen molar-refractivity contribution in [2.75, 3.05) is 0 Å². The zero-order valence-electron chi connectivity index (χ0n) is 31.3. The van der Waals surface area contributed by atoms with Crippen LogP contribution in [0.4, 0.5) is 0 Å². The van der Waals surface area contributed by atoms with Crippen LogP contribution in [0.5, 0.6) is 0 Å². The Hall–Kier alpha value is -2.62. The van der Waals surface area contributed by atoms with Crippen molar-refractivity contribution in [1.29, 1.82) is 0 Å². The third kappa shape index (κ3) is 7.69. The second-order valence-electron chi connectivity index (χ2n) is 16.6. The molecule has 2 atom stereocenters. The monoisotopic (exact) mass is 705 g/mol. The Kier molecular flexibility index (Phi) is 9.87. The molecule has 0 saturated carbocycles. The van der Waals surface area contributed by atoms with E-state index >= 15 is 0 Å². The average Bonchev–Trinajstić information content (AvgIpc) is 3.51. The van der Waals surface area contributed by atoms with E-state index < -0.39 is 48.5 Å². The summed E-state index contributed by atoms with van der Waals surface area (Å²) >= 11 is -1.53. The van der Waals surface area contributed by atoms with Gasteiger partial charge in [0.05, 0.1) is 46.6 Å². The number of fused-ring (bicyclic) bond motifs is 1. The van der Waals surface area contributed by atoms with Gasteiger partial charge in [-0.1, -0.05) is 39.0 Å². The van der Waals surface area contributed by atoms with Gasteiger partial charge in [0.25, 0.3) is 0 Å². The van der Waals surface area contributed by atoms with E-state index in [0.29, 0.717) is 23.8 Å². The van der Waals surface area contributed by atoms with Gasteiger partial charge in [-0.15, -0.1) is 4.72 Å². The van der Waals surface area contributed by atoms with Crippen molar-refractivity contribution in [2.24, 2.45) is 0 Å². The predicted molar refractivity (Wildman–Crippen MR) is 200 cm³/mol. The van der Waals surface area contributed by atoms with Crippen molar-refractivity contribution in [3.63, 3.8) is 0 Å². The summed E-state index contributed by atoms with van der Waals surface area (Å²) in [6.07, 6.45) is 1.82. The maximum Gasteiger partial charge on any atom is 0.495 e. The van der Waals surface area contributed by atoms with Gasteiger partial charge in [-0.25, -0.2) is 14.6 Å². The van der Waals surface area contributed by atoms with Crippen LogP contribution in [0.2, 0.25) is 18.1 Å². The molecule has 13 heteroatoms. The lowest BCUT2D eigenvalue weighted by atomic mass is 9.76. The third-order valence-electron chi connectivity index (χ3n) is 10.0. The van der Waals surface area contributed by atoms with Crippen molar-refractivity contribution >= 4 is 43.2 Å². The van der Waals surface area contributed by atoms with E-state index in [4.69, 9.17) is 28.8 Å². The number of aromatic nitrogens is 4. The van der Waals surface area contributed by atoms with Crippen molar-refractivity contribution in [1.82, 2.24) is 24.5 Å². The van der Waals surface area contributed by atoms with Gasteiger partial charge in [-0.3, -0.25) is 0 Å². The highest BCUT2D eigenvalue weighted by atomic mass is 32.2. The van der Waals surface area contributed by atoms with E-state index in [1.165, 1.54) is 0 Å². The van der Waals surface area contributed by atoms with Gasteiger partial charge < -0.3 is 23.4 Å². The fourth-order valence-electron chi connectivity index (χ4n) is 5.04. The standard InChI is InChI=1S/C36H52BN5O5SSi/c1-32(2,3)48(44)41-36(11,43)30-18-15-17-28(40-30)24-20-27(37-46-34(7,8)35(9,10)47-37)26-22-38-42(29(26)21-24)31-19-14-16-25(39-31)23-45-49(12,13)33(4,5)6/h14-22,41,43H,23H2,1-13H3/t36-,48?/m0/s1. The maximum atomic E-state index is 12.9. The molecule has 0 aliphatic carbocycles. The zero-order valence-corrected chi connectivity index (χ0v) is 33.1. The minimum absolute atomic E-state index is 0.0850. The van der Waals surface area contributed by atoms with Crippen LogP contribution in [-0.4, -0.2) is 60.8 Å². The molecule has 1 unspecified atom stereocenters. The molecule has 0 spiro atoms. The van der Waals surface area contributed by atoms with Gasteiger partial charge in [0, 0.05) is 22.3 Å². The summed E-state index contributed by atoms with van der Waals surface area (Å²) in [5.41, 5.74) is 1.39. The number of hydrogen-bond acceptors (Lipinski definition) is 9. The molecule has 2 N–H and O–H groups in total. The summed E-state index contributed by atoms with van der Waals surface area (Å²) in [7, 11) is -2.64. The molecule has 1 aliphatic rings. The second kappa shape index (κ2) is 12.9. The normalized spacial score (nSPS) is 18.6. The first kappa shape index (κ1) is 37.6.